The SMILES string of the molecule is Cc1cc(OCC#N)ccc1Cl. The fourth-order valence-electron chi connectivity index (χ4n) is 0.823. The number of hydrogen-bond donors (Lipinski definition) is 0. The van der Waals surface area contributed by atoms with E-state index in [4.69, 9.17) is 21.6 Å². The number of ether oxygens (including phenoxy) is 1. The van der Waals surface area contributed by atoms with Crippen molar-refractivity contribution in [3.8, 4) is 11.8 Å². The number of halogens is 1. The second-order valence-electron chi connectivity index (χ2n) is 2.36. The van der Waals surface area contributed by atoms with Crippen LogP contribution in [0.5, 0.6) is 5.75 Å². The number of nitrogens with zero attached hydrogens (tertiary/aromatic N) is 1. The Bertz CT molecular complexity index is 317. The van der Waals surface area contributed by atoms with Gasteiger partial charge < -0.3 is 4.74 Å². The average molecular weight is 182 g/mol. The Morgan fingerprint density at radius 3 is 2.92 bits per heavy atom. The lowest BCUT2D eigenvalue weighted by Crippen LogP contribution is -1.93. The molecule has 0 N–H and O–H groups in total. The van der Waals surface area contributed by atoms with E-state index in [1.165, 1.54) is 0 Å². The minimum absolute atomic E-state index is 0.0705. The highest BCUT2D eigenvalue weighted by Crippen LogP contribution is 2.20. The summed E-state index contributed by atoms with van der Waals surface area (Å²) in [5, 5.41) is 8.96. The molecule has 62 valence electrons. The smallest absolute Gasteiger partial charge is 0.174 e. The number of benzene rings is 1. The Kier molecular flexibility index (Phi) is 2.95. The first kappa shape index (κ1) is 8.89. The molecule has 0 atom stereocenters. The van der Waals surface area contributed by atoms with Crippen molar-refractivity contribution in [3.05, 3.63) is 28.8 Å². The summed E-state index contributed by atoms with van der Waals surface area (Å²) in [5.74, 6) is 0.679. The number of rotatable bonds is 2. The molecule has 0 saturated carbocycles. The van der Waals surface area contributed by atoms with Crippen LogP contribution in [0.2, 0.25) is 5.02 Å². The maximum Gasteiger partial charge on any atom is 0.174 e. The minimum Gasteiger partial charge on any atom is -0.479 e. The van der Waals surface area contributed by atoms with E-state index < -0.39 is 0 Å². The zero-order valence-electron chi connectivity index (χ0n) is 6.67. The summed E-state index contributed by atoms with van der Waals surface area (Å²) in [6, 6.07) is 7.20. The Morgan fingerprint density at radius 1 is 1.58 bits per heavy atom. The van der Waals surface area contributed by atoms with Gasteiger partial charge in [-0.15, -0.1) is 0 Å². The van der Waals surface area contributed by atoms with Crippen molar-refractivity contribution in [2.24, 2.45) is 0 Å². The molecule has 0 saturated heterocycles. The van der Waals surface area contributed by atoms with E-state index in [0.29, 0.717) is 10.8 Å². The molecule has 0 fully saturated rings. The van der Waals surface area contributed by atoms with Crippen molar-refractivity contribution < 1.29 is 4.74 Å². The molecule has 0 aliphatic rings. The summed E-state index contributed by atoms with van der Waals surface area (Å²) in [5.41, 5.74) is 0.951. The number of aryl methyl sites for hydroxylation is 1. The summed E-state index contributed by atoms with van der Waals surface area (Å²) in [6.45, 7) is 1.96. The molecule has 0 aromatic heterocycles. The second-order valence-corrected chi connectivity index (χ2v) is 2.76. The van der Waals surface area contributed by atoms with E-state index in [2.05, 4.69) is 0 Å². The van der Waals surface area contributed by atoms with Crippen LogP contribution < -0.4 is 4.74 Å². The minimum atomic E-state index is 0.0705. The van der Waals surface area contributed by atoms with Gasteiger partial charge in [-0.2, -0.15) is 5.26 Å². The van der Waals surface area contributed by atoms with Crippen LogP contribution in [-0.4, -0.2) is 6.61 Å². The van der Waals surface area contributed by atoms with Gasteiger partial charge in [0.2, 0.25) is 0 Å². The predicted octanol–water partition coefficient (Wildman–Crippen LogP) is 2.55. The van der Waals surface area contributed by atoms with Gasteiger partial charge in [0.05, 0.1) is 0 Å². The van der Waals surface area contributed by atoms with Crippen LogP contribution in [0.4, 0.5) is 0 Å². The molecule has 0 spiro atoms. The Balaban J connectivity index is 2.77. The first-order valence-corrected chi connectivity index (χ1v) is 3.87. The van der Waals surface area contributed by atoms with Gasteiger partial charge in [-0.05, 0) is 30.7 Å². The van der Waals surface area contributed by atoms with E-state index in [9.17, 15) is 0 Å². The number of hydrogen-bond acceptors (Lipinski definition) is 2. The molecule has 1 rings (SSSR count). The molecular weight excluding hydrogens is 174 g/mol. The van der Waals surface area contributed by atoms with Crippen molar-refractivity contribution >= 4 is 11.6 Å². The summed E-state index contributed by atoms with van der Waals surface area (Å²) in [7, 11) is 0. The van der Waals surface area contributed by atoms with Crippen molar-refractivity contribution in [1.29, 1.82) is 5.26 Å². The van der Waals surface area contributed by atoms with E-state index in [1.807, 2.05) is 13.0 Å². The van der Waals surface area contributed by atoms with E-state index in [0.717, 1.165) is 5.56 Å². The van der Waals surface area contributed by atoms with Crippen LogP contribution >= 0.6 is 11.6 Å². The Hall–Kier alpha value is -1.20. The largest absolute Gasteiger partial charge is 0.479 e. The summed E-state index contributed by atoms with van der Waals surface area (Å²) >= 11 is 5.79. The first-order valence-electron chi connectivity index (χ1n) is 3.50. The maximum atomic E-state index is 8.25. The van der Waals surface area contributed by atoms with Gasteiger partial charge in [-0.25, -0.2) is 0 Å². The van der Waals surface area contributed by atoms with E-state index >= 15 is 0 Å². The van der Waals surface area contributed by atoms with Crippen molar-refractivity contribution in [2.75, 3.05) is 6.61 Å². The number of nitriles is 1. The lowest BCUT2D eigenvalue weighted by Gasteiger charge is -2.02. The fourth-order valence-corrected chi connectivity index (χ4v) is 0.940. The molecule has 1 aromatic carbocycles. The highest BCUT2D eigenvalue weighted by Gasteiger charge is 1.97. The molecule has 0 unspecified atom stereocenters. The lowest BCUT2D eigenvalue weighted by atomic mass is 10.2. The van der Waals surface area contributed by atoms with Crippen LogP contribution in [0, 0.1) is 18.3 Å². The summed E-state index contributed by atoms with van der Waals surface area (Å²) in [4.78, 5) is 0. The highest BCUT2D eigenvalue weighted by molar-refractivity contribution is 6.31. The van der Waals surface area contributed by atoms with Crippen LogP contribution in [0.3, 0.4) is 0 Å². The third-order valence-electron chi connectivity index (χ3n) is 1.43. The van der Waals surface area contributed by atoms with Crippen LogP contribution in [0.1, 0.15) is 5.56 Å². The van der Waals surface area contributed by atoms with E-state index in [-0.39, 0.29) is 6.61 Å². The highest BCUT2D eigenvalue weighted by atomic mass is 35.5. The van der Waals surface area contributed by atoms with Gasteiger partial charge in [0.1, 0.15) is 11.8 Å². The van der Waals surface area contributed by atoms with Crippen molar-refractivity contribution in [2.45, 2.75) is 6.92 Å². The standard InChI is InChI=1S/C9H8ClNO/c1-7-6-8(12-5-4-11)2-3-9(7)10/h2-3,6H,5H2,1H3. The molecule has 3 heteroatoms. The molecule has 0 bridgehead atoms. The molecule has 0 aliphatic carbocycles. The normalized spacial score (nSPS) is 9.08. The van der Waals surface area contributed by atoms with Gasteiger partial charge in [0.15, 0.2) is 6.61 Å². The van der Waals surface area contributed by atoms with Gasteiger partial charge in [0, 0.05) is 5.02 Å². The molecule has 0 radical (unpaired) electrons. The summed E-state index contributed by atoms with van der Waals surface area (Å²) < 4.78 is 5.07. The van der Waals surface area contributed by atoms with Crippen LogP contribution in [-0.2, 0) is 0 Å². The molecule has 1 aromatic rings. The van der Waals surface area contributed by atoms with Gasteiger partial charge in [0.25, 0.3) is 0 Å². The fraction of sp³-hybridized carbons (Fsp3) is 0.222. The molecule has 0 amide bonds. The average Bonchev–Trinajstić information content (AvgIpc) is 2.07. The molecule has 2 nitrogen and oxygen atoms in total. The molecular formula is C9H8ClNO. The van der Waals surface area contributed by atoms with Gasteiger partial charge in [-0.3, -0.25) is 0 Å². The lowest BCUT2D eigenvalue weighted by molar-refractivity contribution is 0.368. The second kappa shape index (κ2) is 3.99. The zero-order valence-corrected chi connectivity index (χ0v) is 7.43. The molecule has 12 heavy (non-hydrogen) atoms. The predicted molar refractivity (Wildman–Crippen MR) is 47.3 cm³/mol. The van der Waals surface area contributed by atoms with Gasteiger partial charge in [-0.1, -0.05) is 11.6 Å². The Labute approximate surface area is 76.3 Å². The van der Waals surface area contributed by atoms with Crippen LogP contribution in [0.25, 0.3) is 0 Å². The maximum absolute atomic E-state index is 8.25. The van der Waals surface area contributed by atoms with Crippen molar-refractivity contribution in [3.63, 3.8) is 0 Å². The third kappa shape index (κ3) is 2.14. The molecule has 0 heterocycles. The third-order valence-corrected chi connectivity index (χ3v) is 1.86. The molecule has 0 aliphatic heterocycles. The van der Waals surface area contributed by atoms with Crippen molar-refractivity contribution in [1.82, 2.24) is 0 Å². The quantitative estimate of drug-likeness (QED) is 0.703. The topological polar surface area (TPSA) is 33.0 Å². The monoisotopic (exact) mass is 181 g/mol. The first-order chi connectivity index (χ1) is 5.74. The summed E-state index contributed by atoms with van der Waals surface area (Å²) in [6.07, 6.45) is 0. The Morgan fingerprint density at radius 2 is 2.33 bits per heavy atom. The van der Waals surface area contributed by atoms with Gasteiger partial charge >= 0.3 is 0 Å². The zero-order chi connectivity index (χ0) is 8.97. The van der Waals surface area contributed by atoms with E-state index in [1.54, 1.807) is 18.2 Å². The van der Waals surface area contributed by atoms with Crippen LogP contribution in [0.15, 0.2) is 18.2 Å².